The third kappa shape index (κ3) is 3.21. The van der Waals surface area contributed by atoms with Crippen molar-refractivity contribution in [3.63, 3.8) is 0 Å². The highest BCUT2D eigenvalue weighted by molar-refractivity contribution is 5.82. The van der Waals surface area contributed by atoms with Gasteiger partial charge in [0.1, 0.15) is 0 Å². The van der Waals surface area contributed by atoms with E-state index in [0.717, 1.165) is 25.8 Å². The first-order valence-electron chi connectivity index (χ1n) is 6.49. The lowest BCUT2D eigenvalue weighted by Crippen LogP contribution is -2.47. The zero-order chi connectivity index (χ0) is 12.3. The first kappa shape index (κ1) is 13.5. The highest BCUT2D eigenvalue weighted by Gasteiger charge is 2.33. The Balaban J connectivity index is 2.58. The predicted molar refractivity (Wildman–Crippen MR) is 67.0 cm³/mol. The SMILES string of the molecule is CC(C)C[C@H](N)C(=O)N1CCCC1C(C)C. The molecule has 1 amide bonds. The quantitative estimate of drug-likeness (QED) is 0.797. The van der Waals surface area contributed by atoms with E-state index in [9.17, 15) is 4.79 Å². The van der Waals surface area contributed by atoms with Gasteiger partial charge in [0.15, 0.2) is 0 Å². The number of nitrogens with two attached hydrogens (primary N) is 1. The zero-order valence-electron chi connectivity index (χ0n) is 11.1. The van der Waals surface area contributed by atoms with Gasteiger partial charge in [0, 0.05) is 12.6 Å². The van der Waals surface area contributed by atoms with Crippen LogP contribution in [0.4, 0.5) is 0 Å². The van der Waals surface area contributed by atoms with Crippen LogP contribution in [0.3, 0.4) is 0 Å². The van der Waals surface area contributed by atoms with E-state index >= 15 is 0 Å². The molecule has 2 atom stereocenters. The molecule has 94 valence electrons. The van der Waals surface area contributed by atoms with E-state index in [1.165, 1.54) is 0 Å². The molecule has 0 aromatic rings. The molecule has 0 radical (unpaired) electrons. The molecule has 1 aliphatic rings. The van der Waals surface area contributed by atoms with E-state index in [4.69, 9.17) is 5.73 Å². The minimum Gasteiger partial charge on any atom is -0.338 e. The van der Waals surface area contributed by atoms with Gasteiger partial charge >= 0.3 is 0 Å². The van der Waals surface area contributed by atoms with Gasteiger partial charge in [-0.1, -0.05) is 27.7 Å². The third-order valence-electron chi connectivity index (χ3n) is 3.39. The molecule has 0 aromatic carbocycles. The summed E-state index contributed by atoms with van der Waals surface area (Å²) in [6, 6.07) is 0.102. The van der Waals surface area contributed by atoms with E-state index in [1.54, 1.807) is 0 Å². The van der Waals surface area contributed by atoms with Crippen LogP contribution in [0, 0.1) is 11.8 Å². The summed E-state index contributed by atoms with van der Waals surface area (Å²) >= 11 is 0. The lowest BCUT2D eigenvalue weighted by molar-refractivity contribution is -0.134. The van der Waals surface area contributed by atoms with Crippen molar-refractivity contribution in [2.45, 2.75) is 59.0 Å². The van der Waals surface area contributed by atoms with Crippen LogP contribution >= 0.6 is 0 Å². The maximum absolute atomic E-state index is 12.2. The molecule has 0 saturated carbocycles. The number of rotatable bonds is 4. The summed E-state index contributed by atoms with van der Waals surface area (Å²) < 4.78 is 0. The van der Waals surface area contributed by atoms with Crippen molar-refractivity contribution in [3.05, 3.63) is 0 Å². The van der Waals surface area contributed by atoms with Gasteiger partial charge < -0.3 is 10.6 Å². The summed E-state index contributed by atoms with van der Waals surface area (Å²) in [5.41, 5.74) is 5.97. The standard InChI is InChI=1S/C13H26N2O/c1-9(2)8-11(14)13(16)15-7-5-6-12(15)10(3)4/h9-12H,5-8,14H2,1-4H3/t11-,12?/m0/s1. The van der Waals surface area contributed by atoms with Gasteiger partial charge in [-0.3, -0.25) is 4.79 Å². The van der Waals surface area contributed by atoms with Crippen molar-refractivity contribution in [2.75, 3.05) is 6.54 Å². The molecule has 1 saturated heterocycles. The first-order valence-corrected chi connectivity index (χ1v) is 6.49. The van der Waals surface area contributed by atoms with Crippen LogP contribution in [-0.4, -0.2) is 29.4 Å². The van der Waals surface area contributed by atoms with E-state index in [2.05, 4.69) is 27.7 Å². The summed E-state index contributed by atoms with van der Waals surface area (Å²) in [5.74, 6) is 1.18. The maximum atomic E-state index is 12.2. The molecule has 3 heteroatoms. The van der Waals surface area contributed by atoms with Crippen LogP contribution in [-0.2, 0) is 4.79 Å². The molecular formula is C13H26N2O. The fraction of sp³-hybridized carbons (Fsp3) is 0.923. The highest BCUT2D eigenvalue weighted by Crippen LogP contribution is 2.24. The average molecular weight is 226 g/mol. The number of amides is 1. The van der Waals surface area contributed by atoms with E-state index in [0.29, 0.717) is 17.9 Å². The number of likely N-dealkylation sites (tertiary alicyclic amines) is 1. The van der Waals surface area contributed by atoms with Crippen LogP contribution in [0.2, 0.25) is 0 Å². The van der Waals surface area contributed by atoms with E-state index in [1.807, 2.05) is 4.90 Å². The number of hydrogen-bond donors (Lipinski definition) is 1. The second-order valence-electron chi connectivity index (χ2n) is 5.72. The molecule has 1 aliphatic heterocycles. The van der Waals surface area contributed by atoms with Gasteiger partial charge in [-0.25, -0.2) is 0 Å². The lowest BCUT2D eigenvalue weighted by atomic mass is 9.99. The van der Waals surface area contributed by atoms with Crippen LogP contribution in [0.25, 0.3) is 0 Å². The lowest BCUT2D eigenvalue weighted by Gasteiger charge is -2.30. The number of hydrogen-bond acceptors (Lipinski definition) is 2. The molecule has 1 fully saturated rings. The van der Waals surface area contributed by atoms with Gasteiger partial charge in [-0.05, 0) is 31.1 Å². The van der Waals surface area contributed by atoms with Gasteiger partial charge in [-0.2, -0.15) is 0 Å². The Bertz CT molecular complexity index is 238. The van der Waals surface area contributed by atoms with Crippen molar-refractivity contribution in [2.24, 2.45) is 17.6 Å². The molecule has 0 bridgehead atoms. The molecular weight excluding hydrogens is 200 g/mol. The molecule has 0 aromatic heterocycles. The van der Waals surface area contributed by atoms with Crippen LogP contribution in [0.15, 0.2) is 0 Å². The van der Waals surface area contributed by atoms with Crippen molar-refractivity contribution in [1.82, 2.24) is 4.90 Å². The summed E-state index contributed by atoms with van der Waals surface area (Å²) in [5, 5.41) is 0. The first-order chi connectivity index (χ1) is 7.43. The minimum atomic E-state index is -0.306. The predicted octanol–water partition coefficient (Wildman–Crippen LogP) is 2.01. The van der Waals surface area contributed by atoms with Gasteiger partial charge in [-0.15, -0.1) is 0 Å². The van der Waals surface area contributed by atoms with Crippen molar-refractivity contribution in [1.29, 1.82) is 0 Å². The monoisotopic (exact) mass is 226 g/mol. The van der Waals surface area contributed by atoms with Gasteiger partial charge in [0.05, 0.1) is 6.04 Å². The van der Waals surface area contributed by atoms with Crippen molar-refractivity contribution in [3.8, 4) is 0 Å². The Morgan fingerprint density at radius 1 is 1.38 bits per heavy atom. The average Bonchev–Trinajstić information content (AvgIpc) is 2.63. The van der Waals surface area contributed by atoms with Gasteiger partial charge in [0.2, 0.25) is 5.91 Å². The molecule has 1 heterocycles. The summed E-state index contributed by atoms with van der Waals surface area (Å²) in [6.07, 6.45) is 3.06. The Kier molecular flexibility index (Phi) is 4.78. The molecule has 3 nitrogen and oxygen atoms in total. The van der Waals surface area contributed by atoms with E-state index in [-0.39, 0.29) is 11.9 Å². The highest BCUT2D eigenvalue weighted by atomic mass is 16.2. The topological polar surface area (TPSA) is 46.3 Å². The summed E-state index contributed by atoms with van der Waals surface area (Å²) in [7, 11) is 0. The maximum Gasteiger partial charge on any atom is 0.239 e. The summed E-state index contributed by atoms with van der Waals surface area (Å²) in [4.78, 5) is 14.2. The fourth-order valence-electron chi connectivity index (χ4n) is 2.58. The minimum absolute atomic E-state index is 0.157. The number of nitrogens with zero attached hydrogens (tertiary/aromatic N) is 1. The number of carbonyl (C=O) groups excluding carboxylic acids is 1. The smallest absolute Gasteiger partial charge is 0.239 e. The molecule has 2 N–H and O–H groups in total. The normalized spacial score (nSPS) is 23.2. The second-order valence-corrected chi connectivity index (χ2v) is 5.72. The zero-order valence-corrected chi connectivity index (χ0v) is 11.1. The largest absolute Gasteiger partial charge is 0.338 e. The molecule has 1 unspecified atom stereocenters. The van der Waals surface area contributed by atoms with Gasteiger partial charge in [0.25, 0.3) is 0 Å². The second kappa shape index (κ2) is 5.67. The third-order valence-corrected chi connectivity index (χ3v) is 3.39. The Morgan fingerprint density at radius 2 is 2.00 bits per heavy atom. The summed E-state index contributed by atoms with van der Waals surface area (Å²) in [6.45, 7) is 9.48. The molecule has 0 spiro atoms. The van der Waals surface area contributed by atoms with E-state index < -0.39 is 0 Å². The van der Waals surface area contributed by atoms with Crippen LogP contribution in [0.5, 0.6) is 0 Å². The van der Waals surface area contributed by atoms with Crippen molar-refractivity contribution < 1.29 is 4.79 Å². The Morgan fingerprint density at radius 3 is 2.50 bits per heavy atom. The fourth-order valence-corrected chi connectivity index (χ4v) is 2.58. The molecule has 0 aliphatic carbocycles. The Labute approximate surface area is 99.4 Å². The molecule has 1 rings (SSSR count). The Hall–Kier alpha value is -0.570. The number of carbonyl (C=O) groups is 1. The van der Waals surface area contributed by atoms with Crippen LogP contribution in [0.1, 0.15) is 47.0 Å². The van der Waals surface area contributed by atoms with Crippen LogP contribution < -0.4 is 5.73 Å². The molecule has 16 heavy (non-hydrogen) atoms. The van der Waals surface area contributed by atoms with Crippen molar-refractivity contribution >= 4 is 5.91 Å².